The van der Waals surface area contributed by atoms with Crippen LogP contribution in [-0.4, -0.2) is 10.9 Å². The second-order valence-corrected chi connectivity index (χ2v) is 4.57. The number of pyridine rings is 1. The predicted molar refractivity (Wildman–Crippen MR) is 71.1 cm³/mol. The average molecular weight is 291 g/mol. The molecule has 0 saturated carbocycles. The Morgan fingerprint density at radius 1 is 1.35 bits per heavy atom. The van der Waals surface area contributed by atoms with E-state index in [0.717, 1.165) is 15.7 Å². The Kier molecular flexibility index (Phi) is 3.54. The lowest BCUT2D eigenvalue weighted by molar-refractivity contribution is 0.102. The summed E-state index contributed by atoms with van der Waals surface area (Å²) in [5, 5.41) is 2.86. The van der Waals surface area contributed by atoms with Gasteiger partial charge < -0.3 is 5.32 Å². The summed E-state index contributed by atoms with van der Waals surface area (Å²) in [5.74, 6) is -0.153. The highest BCUT2D eigenvalue weighted by molar-refractivity contribution is 9.10. The van der Waals surface area contributed by atoms with Crippen LogP contribution in [0, 0.1) is 6.92 Å². The van der Waals surface area contributed by atoms with Crippen LogP contribution < -0.4 is 5.32 Å². The molecule has 0 atom stereocenters. The second-order valence-electron chi connectivity index (χ2n) is 3.66. The zero-order valence-corrected chi connectivity index (χ0v) is 10.9. The largest absolute Gasteiger partial charge is 0.322 e. The number of rotatable bonds is 2. The molecular formula is C13H11BrN2O. The highest BCUT2D eigenvalue weighted by atomic mass is 79.9. The van der Waals surface area contributed by atoms with E-state index in [2.05, 4.69) is 26.2 Å². The standard InChI is InChI=1S/C13H11BrN2O/c1-9-4-5-11(14)7-12(9)16-13(17)10-3-2-6-15-8-10/h2-8H,1H3,(H,16,17). The summed E-state index contributed by atoms with van der Waals surface area (Å²) >= 11 is 3.38. The van der Waals surface area contributed by atoms with Gasteiger partial charge in [0.15, 0.2) is 0 Å². The first kappa shape index (κ1) is 11.8. The van der Waals surface area contributed by atoms with Gasteiger partial charge in [-0.15, -0.1) is 0 Å². The molecule has 17 heavy (non-hydrogen) atoms. The number of aromatic nitrogens is 1. The molecule has 3 nitrogen and oxygen atoms in total. The summed E-state index contributed by atoms with van der Waals surface area (Å²) in [5.41, 5.74) is 2.37. The summed E-state index contributed by atoms with van der Waals surface area (Å²) in [6.45, 7) is 1.95. The van der Waals surface area contributed by atoms with Crippen molar-refractivity contribution in [2.45, 2.75) is 6.92 Å². The molecule has 0 unspecified atom stereocenters. The minimum Gasteiger partial charge on any atom is -0.322 e. The molecule has 2 rings (SSSR count). The van der Waals surface area contributed by atoms with Crippen molar-refractivity contribution >= 4 is 27.5 Å². The number of hydrogen-bond acceptors (Lipinski definition) is 2. The third-order valence-corrected chi connectivity index (χ3v) is 2.86. The normalized spacial score (nSPS) is 10.0. The van der Waals surface area contributed by atoms with Gasteiger partial charge in [-0.05, 0) is 36.8 Å². The Hall–Kier alpha value is -1.68. The molecule has 0 bridgehead atoms. The number of amides is 1. The minimum absolute atomic E-state index is 0.153. The number of anilines is 1. The van der Waals surface area contributed by atoms with E-state index in [1.807, 2.05) is 25.1 Å². The first-order chi connectivity index (χ1) is 8.16. The maximum Gasteiger partial charge on any atom is 0.257 e. The molecule has 0 aliphatic rings. The van der Waals surface area contributed by atoms with Gasteiger partial charge in [0.1, 0.15) is 0 Å². The summed E-state index contributed by atoms with van der Waals surface area (Å²) < 4.78 is 0.935. The number of nitrogens with zero attached hydrogens (tertiary/aromatic N) is 1. The minimum atomic E-state index is -0.153. The van der Waals surface area contributed by atoms with Gasteiger partial charge in [0, 0.05) is 22.6 Å². The van der Waals surface area contributed by atoms with Crippen molar-refractivity contribution in [1.82, 2.24) is 4.98 Å². The number of carbonyl (C=O) groups excluding carboxylic acids is 1. The molecule has 0 spiro atoms. The first-order valence-corrected chi connectivity index (χ1v) is 5.93. The molecule has 0 aliphatic heterocycles. The SMILES string of the molecule is Cc1ccc(Br)cc1NC(=O)c1cccnc1. The van der Waals surface area contributed by atoms with E-state index in [9.17, 15) is 4.79 Å². The van der Waals surface area contributed by atoms with Crippen LogP contribution in [0.1, 0.15) is 15.9 Å². The Morgan fingerprint density at radius 3 is 2.88 bits per heavy atom. The van der Waals surface area contributed by atoms with Crippen molar-refractivity contribution in [2.75, 3.05) is 5.32 Å². The fourth-order valence-corrected chi connectivity index (χ4v) is 1.78. The highest BCUT2D eigenvalue weighted by Crippen LogP contribution is 2.21. The third-order valence-electron chi connectivity index (χ3n) is 2.37. The van der Waals surface area contributed by atoms with E-state index in [0.29, 0.717) is 5.56 Å². The van der Waals surface area contributed by atoms with Gasteiger partial charge in [-0.3, -0.25) is 9.78 Å². The Bertz CT molecular complexity index is 540. The van der Waals surface area contributed by atoms with Gasteiger partial charge >= 0.3 is 0 Å². The predicted octanol–water partition coefficient (Wildman–Crippen LogP) is 3.40. The van der Waals surface area contributed by atoms with Crippen molar-refractivity contribution in [3.8, 4) is 0 Å². The molecule has 0 saturated heterocycles. The molecule has 86 valence electrons. The van der Waals surface area contributed by atoms with Gasteiger partial charge in [-0.1, -0.05) is 22.0 Å². The van der Waals surface area contributed by atoms with E-state index in [1.54, 1.807) is 24.5 Å². The summed E-state index contributed by atoms with van der Waals surface area (Å²) in [4.78, 5) is 15.8. The summed E-state index contributed by atoms with van der Waals surface area (Å²) in [7, 11) is 0. The molecule has 0 aliphatic carbocycles. The van der Waals surface area contributed by atoms with Gasteiger partial charge in [0.2, 0.25) is 0 Å². The van der Waals surface area contributed by atoms with Crippen LogP contribution in [0.25, 0.3) is 0 Å². The van der Waals surface area contributed by atoms with Crippen LogP contribution in [0.5, 0.6) is 0 Å². The highest BCUT2D eigenvalue weighted by Gasteiger charge is 2.07. The quantitative estimate of drug-likeness (QED) is 0.921. The van der Waals surface area contributed by atoms with Crippen molar-refractivity contribution in [3.05, 3.63) is 58.3 Å². The lowest BCUT2D eigenvalue weighted by atomic mass is 10.2. The smallest absolute Gasteiger partial charge is 0.257 e. The van der Waals surface area contributed by atoms with Crippen molar-refractivity contribution in [3.63, 3.8) is 0 Å². The maximum absolute atomic E-state index is 11.9. The lowest BCUT2D eigenvalue weighted by Crippen LogP contribution is -2.12. The first-order valence-electron chi connectivity index (χ1n) is 5.14. The fraction of sp³-hybridized carbons (Fsp3) is 0.0769. The van der Waals surface area contributed by atoms with E-state index >= 15 is 0 Å². The van der Waals surface area contributed by atoms with Gasteiger partial charge in [0.05, 0.1) is 5.56 Å². The van der Waals surface area contributed by atoms with Crippen LogP contribution in [-0.2, 0) is 0 Å². The zero-order chi connectivity index (χ0) is 12.3. The van der Waals surface area contributed by atoms with Gasteiger partial charge in [-0.2, -0.15) is 0 Å². The summed E-state index contributed by atoms with van der Waals surface area (Å²) in [6.07, 6.45) is 3.18. The van der Waals surface area contributed by atoms with E-state index in [-0.39, 0.29) is 5.91 Å². The van der Waals surface area contributed by atoms with Crippen molar-refractivity contribution in [1.29, 1.82) is 0 Å². The molecule has 0 fully saturated rings. The van der Waals surface area contributed by atoms with Crippen LogP contribution in [0.3, 0.4) is 0 Å². The van der Waals surface area contributed by atoms with Crippen molar-refractivity contribution < 1.29 is 4.79 Å². The van der Waals surface area contributed by atoms with Gasteiger partial charge in [0.25, 0.3) is 5.91 Å². The molecular weight excluding hydrogens is 280 g/mol. The van der Waals surface area contributed by atoms with E-state index < -0.39 is 0 Å². The van der Waals surface area contributed by atoms with Crippen LogP contribution in [0.4, 0.5) is 5.69 Å². The van der Waals surface area contributed by atoms with E-state index in [1.165, 1.54) is 0 Å². The van der Waals surface area contributed by atoms with E-state index in [4.69, 9.17) is 0 Å². The molecule has 1 aromatic heterocycles. The molecule has 1 amide bonds. The van der Waals surface area contributed by atoms with Gasteiger partial charge in [-0.25, -0.2) is 0 Å². The molecule has 4 heteroatoms. The molecule has 1 N–H and O–H groups in total. The number of aryl methyl sites for hydroxylation is 1. The number of hydrogen-bond donors (Lipinski definition) is 1. The number of benzene rings is 1. The average Bonchev–Trinajstić information content (AvgIpc) is 2.35. The Labute approximate surface area is 108 Å². The number of carbonyl (C=O) groups is 1. The number of halogens is 1. The Balaban J connectivity index is 2.22. The molecule has 1 aromatic carbocycles. The zero-order valence-electron chi connectivity index (χ0n) is 9.27. The second kappa shape index (κ2) is 5.10. The van der Waals surface area contributed by atoms with Crippen LogP contribution in [0.15, 0.2) is 47.2 Å². The number of nitrogens with one attached hydrogen (secondary N) is 1. The fourth-order valence-electron chi connectivity index (χ4n) is 1.42. The lowest BCUT2D eigenvalue weighted by Gasteiger charge is -2.08. The topological polar surface area (TPSA) is 42.0 Å². The molecule has 1 heterocycles. The monoisotopic (exact) mass is 290 g/mol. The maximum atomic E-state index is 11.9. The Morgan fingerprint density at radius 2 is 2.18 bits per heavy atom. The molecule has 2 aromatic rings. The van der Waals surface area contributed by atoms with Crippen LogP contribution in [0.2, 0.25) is 0 Å². The van der Waals surface area contributed by atoms with Crippen molar-refractivity contribution in [2.24, 2.45) is 0 Å². The third kappa shape index (κ3) is 2.91. The summed E-state index contributed by atoms with van der Waals surface area (Å²) in [6, 6.07) is 9.24. The molecule has 0 radical (unpaired) electrons. The van der Waals surface area contributed by atoms with Crippen LogP contribution >= 0.6 is 15.9 Å².